The van der Waals surface area contributed by atoms with Crippen molar-refractivity contribution in [3.05, 3.63) is 144 Å². The molecule has 0 aromatic heterocycles. The molecule has 0 saturated carbocycles. The Morgan fingerprint density at radius 1 is 0.613 bits per heavy atom. The van der Waals surface area contributed by atoms with E-state index in [0.717, 1.165) is 18.0 Å². The molecule has 1 aliphatic heterocycles. The van der Waals surface area contributed by atoms with Crippen LogP contribution in [-0.2, 0) is 18.4 Å². The maximum absolute atomic E-state index is 6.22. The zero-order valence-electron chi connectivity index (χ0n) is 17.4. The van der Waals surface area contributed by atoms with E-state index in [2.05, 4.69) is 126 Å². The first-order valence-electron chi connectivity index (χ1n) is 10.8. The lowest BCUT2D eigenvalue weighted by molar-refractivity contribution is 0.142. The minimum atomic E-state index is -0.242. The predicted octanol–water partition coefficient (Wildman–Crippen LogP) is 6.75. The van der Waals surface area contributed by atoms with Gasteiger partial charge in [-0.2, -0.15) is 0 Å². The van der Waals surface area contributed by atoms with E-state index in [-0.39, 0.29) is 11.5 Å². The van der Waals surface area contributed by atoms with Crippen molar-refractivity contribution in [2.75, 3.05) is 0 Å². The Labute approximate surface area is 190 Å². The van der Waals surface area contributed by atoms with Crippen molar-refractivity contribution >= 4 is 17.2 Å². The van der Waals surface area contributed by atoms with E-state index < -0.39 is 0 Å². The second-order valence-electron chi connectivity index (χ2n) is 8.23. The van der Waals surface area contributed by atoms with Crippen LogP contribution in [0.2, 0.25) is 0 Å². The molecule has 1 saturated heterocycles. The Kier molecular flexibility index (Phi) is 5.40. The summed E-state index contributed by atoms with van der Waals surface area (Å²) in [6.07, 6.45) is 0.890. The number of benzene rings is 4. The van der Waals surface area contributed by atoms with Crippen molar-refractivity contribution in [3.8, 4) is 0 Å². The summed E-state index contributed by atoms with van der Waals surface area (Å²) in [5.74, 6) is 0. The molecule has 2 unspecified atom stereocenters. The molecule has 2 heteroatoms. The zero-order chi connectivity index (χ0) is 21.1. The summed E-state index contributed by atoms with van der Waals surface area (Å²) < 4.78 is 0. The fraction of sp³-hybridized carbons (Fsp3) is 0.138. The monoisotopic (exact) mass is 419 g/mol. The molecule has 4 aromatic carbocycles. The van der Waals surface area contributed by atoms with E-state index in [4.69, 9.17) is 12.2 Å². The minimum Gasteiger partial charge on any atom is -0.353 e. The summed E-state index contributed by atoms with van der Waals surface area (Å²) in [5.41, 5.74) is 4.96. The van der Waals surface area contributed by atoms with E-state index in [9.17, 15) is 0 Å². The number of hydrogen-bond acceptors (Lipinski definition) is 1. The number of hydrogen-bond donors (Lipinski definition) is 0. The highest BCUT2D eigenvalue weighted by Crippen LogP contribution is 2.55. The first kappa shape index (κ1) is 19.7. The topological polar surface area (TPSA) is 3.24 Å². The molecule has 2 atom stereocenters. The molecular formula is C29H25NS. The summed E-state index contributed by atoms with van der Waals surface area (Å²) in [6, 6.07) is 43.2. The molecule has 4 aromatic rings. The lowest BCUT2D eigenvalue weighted by Crippen LogP contribution is -2.65. The standard InChI is InChI=1S/C29H25NS/c31-28-29(26-19-11-4-12-20-26,21-23-13-5-1-6-14-23)27(25-17-9-3-10-18-25)30(28)22-24-15-7-2-8-16-24/h1-20,27H,21-22H2. The van der Waals surface area contributed by atoms with Crippen LogP contribution < -0.4 is 0 Å². The van der Waals surface area contributed by atoms with Gasteiger partial charge in [0.2, 0.25) is 0 Å². The van der Waals surface area contributed by atoms with Gasteiger partial charge in [0.1, 0.15) is 0 Å². The highest BCUT2D eigenvalue weighted by molar-refractivity contribution is 7.80. The molecule has 1 heterocycles. The third-order valence-electron chi connectivity index (χ3n) is 6.35. The van der Waals surface area contributed by atoms with Gasteiger partial charge in [0.25, 0.3) is 0 Å². The van der Waals surface area contributed by atoms with Crippen LogP contribution >= 0.6 is 12.2 Å². The molecule has 5 rings (SSSR count). The molecule has 0 radical (unpaired) electrons. The van der Waals surface area contributed by atoms with Crippen molar-refractivity contribution in [1.82, 2.24) is 4.90 Å². The second-order valence-corrected chi connectivity index (χ2v) is 8.62. The van der Waals surface area contributed by atoms with Crippen molar-refractivity contribution in [3.63, 3.8) is 0 Å². The molecule has 1 fully saturated rings. The van der Waals surface area contributed by atoms with E-state index in [1.807, 2.05) is 0 Å². The predicted molar refractivity (Wildman–Crippen MR) is 132 cm³/mol. The van der Waals surface area contributed by atoms with E-state index in [0.29, 0.717) is 0 Å². The molecule has 0 bridgehead atoms. The van der Waals surface area contributed by atoms with E-state index >= 15 is 0 Å². The van der Waals surface area contributed by atoms with Gasteiger partial charge in [0.15, 0.2) is 0 Å². The molecule has 0 aliphatic carbocycles. The minimum absolute atomic E-state index is 0.184. The van der Waals surface area contributed by atoms with Gasteiger partial charge < -0.3 is 4.90 Å². The van der Waals surface area contributed by atoms with Gasteiger partial charge in [0.05, 0.1) is 16.4 Å². The largest absolute Gasteiger partial charge is 0.353 e. The smallest absolute Gasteiger partial charge is 0.0923 e. The van der Waals surface area contributed by atoms with Gasteiger partial charge >= 0.3 is 0 Å². The Morgan fingerprint density at radius 2 is 1.10 bits per heavy atom. The van der Waals surface area contributed by atoms with Crippen molar-refractivity contribution < 1.29 is 0 Å². The molecule has 0 N–H and O–H groups in total. The maximum Gasteiger partial charge on any atom is 0.0923 e. The third-order valence-corrected chi connectivity index (χ3v) is 6.95. The molecule has 1 aliphatic rings. The number of thiocarbonyl (C=S) groups is 1. The van der Waals surface area contributed by atoms with Crippen LogP contribution in [0.5, 0.6) is 0 Å². The summed E-state index contributed by atoms with van der Waals surface area (Å²) >= 11 is 6.22. The van der Waals surface area contributed by atoms with Crippen LogP contribution in [0.1, 0.15) is 28.3 Å². The molecule has 1 nitrogen and oxygen atoms in total. The summed E-state index contributed by atoms with van der Waals surface area (Å²) in [6.45, 7) is 0.822. The summed E-state index contributed by atoms with van der Waals surface area (Å²) in [5, 5.41) is 0. The lowest BCUT2D eigenvalue weighted by atomic mass is 9.61. The summed E-state index contributed by atoms with van der Waals surface area (Å²) in [7, 11) is 0. The Morgan fingerprint density at radius 3 is 1.68 bits per heavy atom. The third kappa shape index (κ3) is 3.58. The van der Waals surface area contributed by atoms with Gasteiger partial charge in [-0.05, 0) is 28.7 Å². The highest BCUT2D eigenvalue weighted by atomic mass is 32.1. The number of likely N-dealkylation sites (tertiary alicyclic amines) is 1. The Bertz CT molecular complexity index is 1140. The average Bonchev–Trinajstić information content (AvgIpc) is 2.85. The normalized spacial score (nSPS) is 20.3. The van der Waals surface area contributed by atoms with Gasteiger partial charge in [0, 0.05) is 6.54 Å². The van der Waals surface area contributed by atoms with Crippen molar-refractivity contribution in [2.45, 2.75) is 24.4 Å². The van der Waals surface area contributed by atoms with Crippen LogP contribution in [-0.4, -0.2) is 9.89 Å². The molecular weight excluding hydrogens is 394 g/mol. The first-order chi connectivity index (χ1) is 15.3. The van der Waals surface area contributed by atoms with Gasteiger partial charge in [-0.25, -0.2) is 0 Å². The van der Waals surface area contributed by atoms with Crippen molar-refractivity contribution in [1.29, 1.82) is 0 Å². The Balaban J connectivity index is 1.63. The van der Waals surface area contributed by atoms with Crippen LogP contribution in [0.25, 0.3) is 0 Å². The lowest BCUT2D eigenvalue weighted by Gasteiger charge is -2.60. The molecule has 0 spiro atoms. The fourth-order valence-electron chi connectivity index (χ4n) is 4.94. The average molecular weight is 420 g/mol. The maximum atomic E-state index is 6.22. The van der Waals surface area contributed by atoms with Crippen molar-refractivity contribution in [2.24, 2.45) is 0 Å². The number of nitrogens with zero attached hydrogens (tertiary/aromatic N) is 1. The fourth-order valence-corrected chi connectivity index (χ4v) is 5.41. The van der Waals surface area contributed by atoms with Crippen LogP contribution in [0.4, 0.5) is 0 Å². The first-order valence-corrected chi connectivity index (χ1v) is 11.2. The quantitative estimate of drug-likeness (QED) is 0.318. The molecule has 152 valence electrons. The van der Waals surface area contributed by atoms with E-state index in [1.54, 1.807) is 0 Å². The highest BCUT2D eigenvalue weighted by Gasteiger charge is 2.58. The van der Waals surface area contributed by atoms with E-state index in [1.165, 1.54) is 22.3 Å². The van der Waals surface area contributed by atoms with Gasteiger partial charge in [-0.15, -0.1) is 0 Å². The Hall–Kier alpha value is -3.23. The van der Waals surface area contributed by atoms with Gasteiger partial charge in [-0.3, -0.25) is 0 Å². The zero-order valence-corrected chi connectivity index (χ0v) is 18.2. The molecule has 0 amide bonds. The molecule has 31 heavy (non-hydrogen) atoms. The van der Waals surface area contributed by atoms with Crippen LogP contribution in [0.15, 0.2) is 121 Å². The second kappa shape index (κ2) is 8.49. The van der Waals surface area contributed by atoms with Crippen LogP contribution in [0.3, 0.4) is 0 Å². The van der Waals surface area contributed by atoms with Crippen LogP contribution in [0, 0.1) is 0 Å². The van der Waals surface area contributed by atoms with Gasteiger partial charge in [-0.1, -0.05) is 134 Å². The summed E-state index contributed by atoms with van der Waals surface area (Å²) in [4.78, 5) is 3.44. The SMILES string of the molecule is S=C1N(Cc2ccccc2)C(c2ccccc2)C1(Cc1ccccc1)c1ccccc1. The number of rotatable bonds is 6.